The third-order valence-corrected chi connectivity index (χ3v) is 3.03. The Balaban J connectivity index is 2.39. The van der Waals surface area contributed by atoms with E-state index in [1.165, 1.54) is 30.1 Å². The highest BCUT2D eigenvalue weighted by Crippen LogP contribution is 2.30. The molecule has 1 atom stereocenters. The fraction of sp³-hybridized carbons (Fsp3) is 0.273. The van der Waals surface area contributed by atoms with Gasteiger partial charge in [0.2, 0.25) is 0 Å². The molecule has 6 heteroatoms. The minimum absolute atomic E-state index is 0.142. The van der Waals surface area contributed by atoms with Crippen LogP contribution in [0.2, 0.25) is 5.02 Å². The highest BCUT2D eigenvalue weighted by atomic mass is 35.5. The molecule has 0 bridgehead atoms. The molecule has 1 aromatic rings. The van der Waals surface area contributed by atoms with E-state index in [2.05, 4.69) is 0 Å². The van der Waals surface area contributed by atoms with Gasteiger partial charge in [-0.25, -0.2) is 14.1 Å². The third kappa shape index (κ3) is 1.92. The van der Waals surface area contributed by atoms with Gasteiger partial charge in [0.05, 0.1) is 12.6 Å². The van der Waals surface area contributed by atoms with Gasteiger partial charge in [0.25, 0.3) is 0 Å². The van der Waals surface area contributed by atoms with Gasteiger partial charge in [-0.15, -0.1) is 0 Å². The van der Waals surface area contributed by atoms with Crippen LogP contribution in [0, 0.1) is 17.3 Å². The van der Waals surface area contributed by atoms with Gasteiger partial charge in [-0.3, -0.25) is 0 Å². The van der Waals surface area contributed by atoms with Gasteiger partial charge in [-0.05, 0) is 18.2 Å². The van der Waals surface area contributed by atoms with Crippen LogP contribution in [0.1, 0.15) is 11.6 Å². The van der Waals surface area contributed by atoms with Gasteiger partial charge < -0.3 is 4.90 Å². The Morgan fingerprint density at radius 1 is 1.59 bits per heavy atom. The van der Waals surface area contributed by atoms with Crippen molar-refractivity contribution in [3.63, 3.8) is 0 Å². The second-order valence-corrected chi connectivity index (χ2v) is 4.22. The molecule has 0 saturated carbocycles. The topological polar surface area (TPSA) is 47.3 Å². The summed E-state index contributed by atoms with van der Waals surface area (Å²) >= 11 is 5.80. The molecule has 1 heterocycles. The summed E-state index contributed by atoms with van der Waals surface area (Å²) < 4.78 is 13.7. The van der Waals surface area contributed by atoms with Crippen molar-refractivity contribution < 1.29 is 9.18 Å². The zero-order valence-corrected chi connectivity index (χ0v) is 9.78. The molecule has 1 unspecified atom stereocenters. The summed E-state index contributed by atoms with van der Waals surface area (Å²) in [4.78, 5) is 13.9. The number of hydrogen-bond acceptors (Lipinski definition) is 2. The molecule has 1 saturated heterocycles. The van der Waals surface area contributed by atoms with Gasteiger partial charge >= 0.3 is 6.03 Å². The molecule has 0 aliphatic carbocycles. The van der Waals surface area contributed by atoms with Crippen LogP contribution in [0.3, 0.4) is 0 Å². The monoisotopic (exact) mass is 253 g/mol. The summed E-state index contributed by atoms with van der Waals surface area (Å²) in [5, 5.41) is 9.15. The predicted octanol–water partition coefficient (Wildman–Crippen LogP) is 2.37. The fourth-order valence-electron chi connectivity index (χ4n) is 1.86. The smallest absolute Gasteiger partial charge is 0.318 e. The van der Waals surface area contributed by atoms with Gasteiger partial charge in [-0.1, -0.05) is 11.6 Å². The second kappa shape index (κ2) is 4.22. The maximum Gasteiger partial charge on any atom is 0.333 e. The number of carbonyl (C=O) groups excluding carboxylic acids is 1. The van der Waals surface area contributed by atoms with Crippen LogP contribution < -0.4 is 0 Å². The van der Waals surface area contributed by atoms with Crippen molar-refractivity contribution >= 4 is 17.6 Å². The minimum Gasteiger partial charge on any atom is -0.318 e. The lowest BCUT2D eigenvalue weighted by Crippen LogP contribution is -2.26. The lowest BCUT2D eigenvalue weighted by atomic mass is 10.1. The van der Waals surface area contributed by atoms with E-state index in [0.29, 0.717) is 10.6 Å². The number of amides is 2. The summed E-state index contributed by atoms with van der Waals surface area (Å²) in [6, 6.07) is 3.26. The molecule has 0 N–H and O–H groups in total. The molecule has 1 fully saturated rings. The molecule has 17 heavy (non-hydrogen) atoms. The molecule has 2 rings (SSSR count). The summed E-state index contributed by atoms with van der Waals surface area (Å²) in [6.45, 7) is 0.142. The van der Waals surface area contributed by atoms with Crippen molar-refractivity contribution in [1.29, 1.82) is 5.26 Å². The number of nitrogens with zero attached hydrogens (tertiary/aromatic N) is 3. The number of halogens is 2. The summed E-state index contributed by atoms with van der Waals surface area (Å²) in [6.07, 6.45) is 1.76. The highest BCUT2D eigenvalue weighted by molar-refractivity contribution is 6.30. The number of rotatable bonds is 1. The van der Waals surface area contributed by atoms with E-state index in [9.17, 15) is 9.18 Å². The summed E-state index contributed by atoms with van der Waals surface area (Å²) in [7, 11) is 1.53. The molecule has 0 aromatic heterocycles. The van der Waals surface area contributed by atoms with Crippen molar-refractivity contribution in [2.75, 3.05) is 13.6 Å². The standard InChI is InChI=1S/C11H9ClFN3O/c1-15-10(5-16(6-14)11(15)17)8-4-7(12)2-3-9(8)13/h2-4,10H,5H2,1H3. The van der Waals surface area contributed by atoms with Crippen LogP contribution in [0.25, 0.3) is 0 Å². The van der Waals surface area contributed by atoms with Gasteiger partial charge in [0.15, 0.2) is 6.19 Å². The largest absolute Gasteiger partial charge is 0.333 e. The SMILES string of the molecule is CN1C(=O)N(C#N)CC1c1cc(Cl)ccc1F. The van der Waals surface area contributed by atoms with E-state index in [1.807, 2.05) is 0 Å². The van der Waals surface area contributed by atoms with Gasteiger partial charge in [0, 0.05) is 17.6 Å². The van der Waals surface area contributed by atoms with Crippen LogP contribution in [-0.4, -0.2) is 29.4 Å². The molecule has 0 radical (unpaired) electrons. The van der Waals surface area contributed by atoms with Gasteiger partial charge in [-0.2, -0.15) is 5.26 Å². The zero-order valence-electron chi connectivity index (χ0n) is 9.02. The average Bonchev–Trinajstić information content (AvgIpc) is 2.59. The highest BCUT2D eigenvalue weighted by Gasteiger charge is 2.37. The van der Waals surface area contributed by atoms with Crippen molar-refractivity contribution in [1.82, 2.24) is 9.80 Å². The first kappa shape index (κ1) is 11.7. The zero-order chi connectivity index (χ0) is 12.6. The van der Waals surface area contributed by atoms with Crippen LogP contribution in [0.5, 0.6) is 0 Å². The van der Waals surface area contributed by atoms with Crippen molar-refractivity contribution in [3.05, 3.63) is 34.6 Å². The van der Waals surface area contributed by atoms with Crippen LogP contribution >= 0.6 is 11.6 Å². The average molecular weight is 254 g/mol. The van der Waals surface area contributed by atoms with Gasteiger partial charge in [0.1, 0.15) is 5.82 Å². The molecule has 4 nitrogen and oxygen atoms in total. The maximum atomic E-state index is 13.7. The normalized spacial score (nSPS) is 19.6. The number of nitriles is 1. The number of carbonyl (C=O) groups is 1. The van der Waals surface area contributed by atoms with E-state index < -0.39 is 17.9 Å². The Morgan fingerprint density at radius 2 is 2.29 bits per heavy atom. The molecule has 1 aromatic carbocycles. The lowest BCUT2D eigenvalue weighted by Gasteiger charge is -2.18. The molecular weight excluding hydrogens is 245 g/mol. The Morgan fingerprint density at radius 3 is 2.88 bits per heavy atom. The lowest BCUT2D eigenvalue weighted by molar-refractivity contribution is 0.205. The Kier molecular flexibility index (Phi) is 2.90. The van der Waals surface area contributed by atoms with E-state index in [4.69, 9.17) is 16.9 Å². The molecule has 1 aliphatic heterocycles. The van der Waals surface area contributed by atoms with Crippen LogP contribution in [-0.2, 0) is 0 Å². The quantitative estimate of drug-likeness (QED) is 0.722. The Bertz CT molecular complexity index is 514. The number of benzene rings is 1. The molecule has 1 aliphatic rings. The first-order valence-electron chi connectivity index (χ1n) is 4.93. The number of urea groups is 1. The Hall–Kier alpha value is -1.80. The maximum absolute atomic E-state index is 13.7. The molecule has 2 amide bonds. The predicted molar refractivity (Wildman–Crippen MR) is 59.6 cm³/mol. The first-order chi connectivity index (χ1) is 8.04. The van der Waals surface area contributed by atoms with E-state index >= 15 is 0 Å². The molecular formula is C11H9ClFN3O. The third-order valence-electron chi connectivity index (χ3n) is 2.79. The van der Waals surface area contributed by atoms with Crippen LogP contribution in [0.4, 0.5) is 9.18 Å². The minimum atomic E-state index is -0.485. The van der Waals surface area contributed by atoms with E-state index in [-0.39, 0.29) is 6.54 Å². The van der Waals surface area contributed by atoms with Crippen molar-refractivity contribution in [2.24, 2.45) is 0 Å². The number of likely N-dealkylation sites (N-methyl/N-ethyl adjacent to an activating group) is 1. The summed E-state index contributed by atoms with van der Waals surface area (Å²) in [5.41, 5.74) is 0.325. The van der Waals surface area contributed by atoms with E-state index in [1.54, 1.807) is 6.19 Å². The first-order valence-corrected chi connectivity index (χ1v) is 5.31. The second-order valence-electron chi connectivity index (χ2n) is 3.79. The van der Waals surface area contributed by atoms with Crippen LogP contribution in [0.15, 0.2) is 18.2 Å². The number of hydrogen-bond donors (Lipinski definition) is 0. The molecule has 88 valence electrons. The van der Waals surface area contributed by atoms with E-state index in [0.717, 1.165) is 4.90 Å². The summed E-state index contributed by atoms with van der Waals surface area (Å²) in [5.74, 6) is -0.432. The molecule has 0 spiro atoms. The van der Waals surface area contributed by atoms with Crippen molar-refractivity contribution in [2.45, 2.75) is 6.04 Å². The Labute approximate surface area is 103 Å². The van der Waals surface area contributed by atoms with Crippen molar-refractivity contribution in [3.8, 4) is 6.19 Å². The fourth-order valence-corrected chi connectivity index (χ4v) is 2.04.